The van der Waals surface area contributed by atoms with Crippen LogP contribution < -0.4 is 15.0 Å². The molecule has 1 aliphatic heterocycles. The lowest BCUT2D eigenvalue weighted by Gasteiger charge is -2.28. The Kier molecular flexibility index (Phi) is 5.53. The number of nitrogens with one attached hydrogen (secondary N) is 1. The Morgan fingerprint density at radius 3 is 2.40 bits per heavy atom. The molecule has 0 aliphatic carbocycles. The van der Waals surface area contributed by atoms with Crippen LogP contribution in [0, 0.1) is 0 Å². The minimum Gasteiger partial charge on any atom is -0.491 e. The Hall–Kier alpha value is -2.56. The first-order valence-corrected chi connectivity index (χ1v) is 8.91. The second kappa shape index (κ2) is 8.01. The van der Waals surface area contributed by atoms with Gasteiger partial charge in [-0.2, -0.15) is 0 Å². The number of anilines is 2. The van der Waals surface area contributed by atoms with Gasteiger partial charge in [0.25, 0.3) is 5.91 Å². The van der Waals surface area contributed by atoms with Crippen LogP contribution in [-0.2, 0) is 0 Å². The molecule has 0 bridgehead atoms. The average molecular weight is 339 g/mol. The third-order valence-corrected chi connectivity index (χ3v) is 4.19. The van der Waals surface area contributed by atoms with Crippen molar-refractivity contribution in [2.75, 3.05) is 23.3 Å². The normalized spacial score (nSPS) is 14.4. The highest BCUT2D eigenvalue weighted by atomic mass is 16.5. The number of piperidine rings is 1. The zero-order valence-electron chi connectivity index (χ0n) is 14.9. The van der Waals surface area contributed by atoms with Crippen LogP contribution in [0.1, 0.15) is 43.6 Å². The number of benzene rings is 1. The van der Waals surface area contributed by atoms with Gasteiger partial charge in [0.05, 0.1) is 18.0 Å². The molecular formula is C20H25N3O2. The van der Waals surface area contributed by atoms with Gasteiger partial charge in [0.2, 0.25) is 0 Å². The molecule has 0 spiro atoms. The number of ether oxygens (including phenoxy) is 1. The number of aromatic nitrogens is 1. The largest absolute Gasteiger partial charge is 0.491 e. The van der Waals surface area contributed by atoms with E-state index >= 15 is 0 Å². The maximum absolute atomic E-state index is 12.3. The van der Waals surface area contributed by atoms with E-state index < -0.39 is 0 Å². The van der Waals surface area contributed by atoms with Gasteiger partial charge in [0.1, 0.15) is 11.4 Å². The van der Waals surface area contributed by atoms with Crippen molar-refractivity contribution in [2.24, 2.45) is 0 Å². The predicted octanol–water partition coefficient (Wildman–Crippen LogP) is 4.11. The number of hydrogen-bond acceptors (Lipinski definition) is 4. The van der Waals surface area contributed by atoms with Crippen LogP contribution in [-0.4, -0.2) is 30.1 Å². The van der Waals surface area contributed by atoms with Gasteiger partial charge in [-0.15, -0.1) is 0 Å². The number of amides is 1. The molecule has 0 atom stereocenters. The molecule has 25 heavy (non-hydrogen) atoms. The second-order valence-electron chi connectivity index (χ2n) is 6.59. The fourth-order valence-corrected chi connectivity index (χ4v) is 2.94. The van der Waals surface area contributed by atoms with Crippen LogP contribution in [0.15, 0.2) is 42.6 Å². The van der Waals surface area contributed by atoms with Crippen molar-refractivity contribution in [1.82, 2.24) is 4.98 Å². The second-order valence-corrected chi connectivity index (χ2v) is 6.59. The number of carbonyl (C=O) groups excluding carboxylic acids is 1. The van der Waals surface area contributed by atoms with Gasteiger partial charge in [-0.3, -0.25) is 4.79 Å². The van der Waals surface area contributed by atoms with Gasteiger partial charge in [-0.1, -0.05) is 0 Å². The van der Waals surface area contributed by atoms with E-state index in [-0.39, 0.29) is 12.0 Å². The molecule has 3 rings (SSSR count). The monoisotopic (exact) mass is 339 g/mol. The molecule has 1 aliphatic rings. The highest BCUT2D eigenvalue weighted by Crippen LogP contribution is 2.20. The quantitative estimate of drug-likeness (QED) is 0.890. The summed E-state index contributed by atoms with van der Waals surface area (Å²) in [7, 11) is 0. The van der Waals surface area contributed by atoms with Gasteiger partial charge < -0.3 is 15.0 Å². The summed E-state index contributed by atoms with van der Waals surface area (Å²) in [5, 5.41) is 2.87. The van der Waals surface area contributed by atoms with Crippen molar-refractivity contribution in [3.8, 4) is 5.75 Å². The topological polar surface area (TPSA) is 54.5 Å². The van der Waals surface area contributed by atoms with E-state index in [1.807, 2.05) is 44.2 Å². The Bertz CT molecular complexity index is 690. The van der Waals surface area contributed by atoms with E-state index in [0.29, 0.717) is 5.69 Å². The van der Waals surface area contributed by atoms with Gasteiger partial charge in [0, 0.05) is 18.8 Å². The summed E-state index contributed by atoms with van der Waals surface area (Å²) >= 11 is 0. The summed E-state index contributed by atoms with van der Waals surface area (Å²) < 4.78 is 5.60. The molecule has 1 aromatic heterocycles. The van der Waals surface area contributed by atoms with E-state index in [1.165, 1.54) is 19.3 Å². The molecule has 1 saturated heterocycles. The minimum absolute atomic E-state index is 0.128. The van der Waals surface area contributed by atoms with Gasteiger partial charge in [0.15, 0.2) is 0 Å². The Morgan fingerprint density at radius 1 is 1.08 bits per heavy atom. The van der Waals surface area contributed by atoms with Gasteiger partial charge >= 0.3 is 0 Å². The van der Waals surface area contributed by atoms with Crippen molar-refractivity contribution in [1.29, 1.82) is 0 Å². The van der Waals surface area contributed by atoms with E-state index in [2.05, 4.69) is 15.2 Å². The number of rotatable bonds is 5. The molecule has 2 aromatic rings. The smallest absolute Gasteiger partial charge is 0.274 e. The van der Waals surface area contributed by atoms with Crippen molar-refractivity contribution in [2.45, 2.75) is 39.2 Å². The van der Waals surface area contributed by atoms with Crippen LogP contribution in [0.4, 0.5) is 11.4 Å². The standard InChI is InChI=1S/C20H25N3O2/c1-15(2)25-18-9-6-16(7-10-18)22-20(24)19-11-8-17(14-21-19)23-12-4-3-5-13-23/h6-11,14-15H,3-5,12-13H2,1-2H3,(H,22,24). The van der Waals surface area contributed by atoms with Crippen molar-refractivity contribution in [3.05, 3.63) is 48.3 Å². The number of carbonyl (C=O) groups is 1. The molecule has 5 heteroatoms. The van der Waals surface area contributed by atoms with E-state index in [1.54, 1.807) is 12.3 Å². The van der Waals surface area contributed by atoms with Crippen LogP contribution in [0.3, 0.4) is 0 Å². The third-order valence-electron chi connectivity index (χ3n) is 4.19. The minimum atomic E-state index is -0.206. The average Bonchev–Trinajstić information content (AvgIpc) is 2.64. The molecule has 2 heterocycles. The molecule has 1 aromatic carbocycles. The molecular weight excluding hydrogens is 314 g/mol. The van der Waals surface area contributed by atoms with Crippen molar-refractivity contribution < 1.29 is 9.53 Å². The maximum Gasteiger partial charge on any atom is 0.274 e. The van der Waals surface area contributed by atoms with Crippen LogP contribution in [0.2, 0.25) is 0 Å². The lowest BCUT2D eigenvalue weighted by molar-refractivity contribution is 0.102. The fraction of sp³-hybridized carbons (Fsp3) is 0.400. The van der Waals surface area contributed by atoms with Crippen molar-refractivity contribution in [3.63, 3.8) is 0 Å². The third kappa shape index (κ3) is 4.72. The predicted molar refractivity (Wildman–Crippen MR) is 100 cm³/mol. The number of hydrogen-bond donors (Lipinski definition) is 1. The Balaban J connectivity index is 1.60. The summed E-state index contributed by atoms with van der Waals surface area (Å²) in [5.74, 6) is 0.583. The van der Waals surface area contributed by atoms with Crippen LogP contribution in [0.5, 0.6) is 5.75 Å². The summed E-state index contributed by atoms with van der Waals surface area (Å²) in [4.78, 5) is 19.0. The molecule has 1 amide bonds. The highest BCUT2D eigenvalue weighted by Gasteiger charge is 2.13. The fourth-order valence-electron chi connectivity index (χ4n) is 2.94. The van der Waals surface area contributed by atoms with Crippen LogP contribution >= 0.6 is 0 Å². The summed E-state index contributed by atoms with van der Waals surface area (Å²) in [5.41, 5.74) is 2.23. The van der Waals surface area contributed by atoms with E-state index in [9.17, 15) is 4.79 Å². The Labute approximate surface area is 149 Å². The SMILES string of the molecule is CC(C)Oc1ccc(NC(=O)c2ccc(N3CCCCC3)cn2)cc1. The number of nitrogens with zero attached hydrogens (tertiary/aromatic N) is 2. The molecule has 1 fully saturated rings. The Morgan fingerprint density at radius 2 is 1.80 bits per heavy atom. The van der Waals surface area contributed by atoms with Crippen molar-refractivity contribution >= 4 is 17.3 Å². The molecule has 5 nitrogen and oxygen atoms in total. The van der Waals surface area contributed by atoms with Gasteiger partial charge in [-0.25, -0.2) is 4.98 Å². The highest BCUT2D eigenvalue weighted by molar-refractivity contribution is 6.02. The first kappa shape index (κ1) is 17.3. The summed E-state index contributed by atoms with van der Waals surface area (Å²) in [6.45, 7) is 6.10. The molecule has 1 N–H and O–H groups in total. The zero-order chi connectivity index (χ0) is 17.6. The lowest BCUT2D eigenvalue weighted by Crippen LogP contribution is -2.29. The maximum atomic E-state index is 12.3. The molecule has 0 radical (unpaired) electrons. The first-order valence-electron chi connectivity index (χ1n) is 8.91. The van der Waals surface area contributed by atoms with Gasteiger partial charge in [-0.05, 0) is 69.5 Å². The summed E-state index contributed by atoms with van der Waals surface area (Å²) in [6, 6.07) is 11.1. The first-order chi connectivity index (χ1) is 12.1. The van der Waals surface area contributed by atoms with Crippen LogP contribution in [0.25, 0.3) is 0 Å². The molecule has 0 saturated carbocycles. The molecule has 0 unspecified atom stereocenters. The van der Waals surface area contributed by atoms with E-state index in [4.69, 9.17) is 4.74 Å². The molecule has 132 valence electrons. The lowest BCUT2D eigenvalue weighted by atomic mass is 10.1. The van der Waals surface area contributed by atoms with E-state index in [0.717, 1.165) is 30.2 Å². The number of pyridine rings is 1. The zero-order valence-corrected chi connectivity index (χ0v) is 14.9. The summed E-state index contributed by atoms with van der Waals surface area (Å²) in [6.07, 6.45) is 5.66.